The van der Waals surface area contributed by atoms with Gasteiger partial charge in [0.05, 0.1) is 0 Å². The minimum atomic E-state index is -0.0385. The van der Waals surface area contributed by atoms with Gasteiger partial charge < -0.3 is 9.64 Å². The van der Waals surface area contributed by atoms with Gasteiger partial charge in [-0.1, -0.05) is 60.7 Å². The first-order valence-electron chi connectivity index (χ1n) is 8.45. The standard InChI is InChI=1S/C23H21NO2/c1-24(2)17-22(18-10-5-3-6-11-18)23(25)19-12-9-15-21(16-19)26-20-13-7-4-8-14-20/h3-17H,1-2H3/b22-17+. The van der Waals surface area contributed by atoms with Gasteiger partial charge in [-0.15, -0.1) is 0 Å². The summed E-state index contributed by atoms with van der Waals surface area (Å²) >= 11 is 0. The van der Waals surface area contributed by atoms with Gasteiger partial charge in [0.25, 0.3) is 0 Å². The Morgan fingerprint density at radius 2 is 1.35 bits per heavy atom. The van der Waals surface area contributed by atoms with E-state index in [0.29, 0.717) is 16.9 Å². The molecule has 0 fully saturated rings. The zero-order valence-corrected chi connectivity index (χ0v) is 14.9. The van der Waals surface area contributed by atoms with Crippen LogP contribution in [0.4, 0.5) is 0 Å². The van der Waals surface area contributed by atoms with Gasteiger partial charge in [0, 0.05) is 31.4 Å². The molecular weight excluding hydrogens is 322 g/mol. The molecule has 0 atom stereocenters. The number of allylic oxidation sites excluding steroid dienone is 1. The molecule has 3 nitrogen and oxygen atoms in total. The number of hydrogen-bond donors (Lipinski definition) is 0. The number of Topliss-reactive ketones (excluding diaryl/α,β-unsaturated/α-hetero) is 1. The van der Waals surface area contributed by atoms with Crippen LogP contribution >= 0.6 is 0 Å². The molecule has 130 valence electrons. The van der Waals surface area contributed by atoms with Crippen molar-refractivity contribution in [3.63, 3.8) is 0 Å². The van der Waals surface area contributed by atoms with Crippen molar-refractivity contribution in [3.05, 3.63) is 102 Å². The summed E-state index contributed by atoms with van der Waals surface area (Å²) in [5.41, 5.74) is 2.13. The molecule has 0 N–H and O–H groups in total. The van der Waals surface area contributed by atoms with Crippen molar-refractivity contribution in [1.82, 2.24) is 4.90 Å². The van der Waals surface area contributed by atoms with Crippen LogP contribution in [0.5, 0.6) is 11.5 Å². The molecule has 0 saturated carbocycles. The minimum absolute atomic E-state index is 0.0385. The number of hydrogen-bond acceptors (Lipinski definition) is 3. The topological polar surface area (TPSA) is 29.5 Å². The van der Waals surface area contributed by atoms with E-state index in [9.17, 15) is 4.79 Å². The number of carbonyl (C=O) groups excluding carboxylic acids is 1. The van der Waals surface area contributed by atoms with Gasteiger partial charge in [-0.25, -0.2) is 0 Å². The van der Waals surface area contributed by atoms with Crippen molar-refractivity contribution < 1.29 is 9.53 Å². The maximum absolute atomic E-state index is 13.1. The molecule has 3 heteroatoms. The summed E-state index contributed by atoms with van der Waals surface area (Å²) in [6.07, 6.45) is 1.85. The van der Waals surface area contributed by atoms with E-state index in [1.165, 1.54) is 0 Å². The largest absolute Gasteiger partial charge is 0.457 e. The molecule has 3 aromatic carbocycles. The Morgan fingerprint density at radius 3 is 2.00 bits per heavy atom. The van der Waals surface area contributed by atoms with Crippen LogP contribution in [0.25, 0.3) is 5.57 Å². The highest BCUT2D eigenvalue weighted by molar-refractivity contribution is 6.28. The third-order valence-electron chi connectivity index (χ3n) is 3.79. The maximum atomic E-state index is 13.1. The third kappa shape index (κ3) is 4.39. The van der Waals surface area contributed by atoms with E-state index < -0.39 is 0 Å². The average Bonchev–Trinajstić information content (AvgIpc) is 2.67. The second kappa shape index (κ2) is 8.17. The first-order chi connectivity index (χ1) is 12.6. The van der Waals surface area contributed by atoms with E-state index in [4.69, 9.17) is 4.74 Å². The predicted octanol–water partition coefficient (Wildman–Crippen LogP) is 5.26. The van der Waals surface area contributed by atoms with Crippen molar-refractivity contribution in [3.8, 4) is 11.5 Å². The fourth-order valence-corrected chi connectivity index (χ4v) is 2.62. The number of ether oxygens (including phenoxy) is 1. The molecule has 0 aliphatic rings. The highest BCUT2D eigenvalue weighted by Gasteiger charge is 2.15. The molecule has 0 heterocycles. The molecule has 0 aliphatic carbocycles. The number of para-hydroxylation sites is 1. The van der Waals surface area contributed by atoms with Gasteiger partial charge in [0.1, 0.15) is 11.5 Å². The third-order valence-corrected chi connectivity index (χ3v) is 3.79. The lowest BCUT2D eigenvalue weighted by molar-refractivity contribution is 0.105. The molecule has 0 bridgehead atoms. The second-order valence-corrected chi connectivity index (χ2v) is 6.14. The van der Waals surface area contributed by atoms with Gasteiger partial charge in [-0.05, 0) is 29.8 Å². The van der Waals surface area contributed by atoms with E-state index in [2.05, 4.69) is 0 Å². The number of ketones is 1. The second-order valence-electron chi connectivity index (χ2n) is 6.14. The molecule has 0 radical (unpaired) electrons. The molecule has 26 heavy (non-hydrogen) atoms. The molecule has 0 unspecified atom stereocenters. The van der Waals surface area contributed by atoms with Crippen LogP contribution in [-0.2, 0) is 0 Å². The fraction of sp³-hybridized carbons (Fsp3) is 0.0870. The Morgan fingerprint density at radius 1 is 0.769 bits per heavy atom. The van der Waals surface area contributed by atoms with Crippen LogP contribution in [0, 0.1) is 0 Å². The average molecular weight is 343 g/mol. The quantitative estimate of drug-likeness (QED) is 0.451. The highest BCUT2D eigenvalue weighted by atomic mass is 16.5. The summed E-state index contributed by atoms with van der Waals surface area (Å²) in [4.78, 5) is 15.0. The number of rotatable bonds is 6. The smallest absolute Gasteiger partial charge is 0.195 e. The van der Waals surface area contributed by atoms with E-state index in [1.54, 1.807) is 6.07 Å². The SMILES string of the molecule is CN(C)/C=C(/C(=O)c1cccc(Oc2ccccc2)c1)c1ccccc1. The van der Waals surface area contributed by atoms with Crippen LogP contribution in [0.3, 0.4) is 0 Å². The van der Waals surface area contributed by atoms with Gasteiger partial charge in [0.15, 0.2) is 5.78 Å². The van der Waals surface area contributed by atoms with Crippen molar-refractivity contribution in [2.75, 3.05) is 14.1 Å². The highest BCUT2D eigenvalue weighted by Crippen LogP contribution is 2.25. The van der Waals surface area contributed by atoms with Crippen LogP contribution in [0.1, 0.15) is 15.9 Å². The van der Waals surface area contributed by atoms with Crippen molar-refractivity contribution in [2.45, 2.75) is 0 Å². The molecule has 0 spiro atoms. The van der Waals surface area contributed by atoms with Gasteiger partial charge >= 0.3 is 0 Å². The Kier molecular flexibility index (Phi) is 5.49. The lowest BCUT2D eigenvalue weighted by atomic mass is 9.97. The van der Waals surface area contributed by atoms with Crippen LogP contribution in [0.15, 0.2) is 91.1 Å². The molecular formula is C23H21NO2. The van der Waals surface area contributed by atoms with Crippen molar-refractivity contribution >= 4 is 11.4 Å². The monoisotopic (exact) mass is 343 g/mol. The summed E-state index contributed by atoms with van der Waals surface area (Å²) in [7, 11) is 3.82. The first kappa shape index (κ1) is 17.5. The van der Waals surface area contributed by atoms with E-state index in [0.717, 1.165) is 11.3 Å². The lowest BCUT2D eigenvalue weighted by Gasteiger charge is -2.13. The number of carbonyl (C=O) groups is 1. The summed E-state index contributed by atoms with van der Waals surface area (Å²) < 4.78 is 5.85. The fourth-order valence-electron chi connectivity index (χ4n) is 2.62. The van der Waals surface area contributed by atoms with Crippen LogP contribution in [0.2, 0.25) is 0 Å². The molecule has 3 rings (SSSR count). The Hall–Kier alpha value is -3.33. The summed E-state index contributed by atoms with van der Waals surface area (Å²) in [6.45, 7) is 0. The van der Waals surface area contributed by atoms with Gasteiger partial charge in [-0.2, -0.15) is 0 Å². The van der Waals surface area contributed by atoms with E-state index in [-0.39, 0.29) is 5.78 Å². The van der Waals surface area contributed by atoms with Gasteiger partial charge in [0.2, 0.25) is 0 Å². The Bertz CT molecular complexity index is 900. The molecule has 0 amide bonds. The minimum Gasteiger partial charge on any atom is -0.457 e. The van der Waals surface area contributed by atoms with E-state index in [1.807, 2.05) is 104 Å². The van der Waals surface area contributed by atoms with E-state index >= 15 is 0 Å². The zero-order valence-electron chi connectivity index (χ0n) is 14.9. The Labute approximate surface area is 154 Å². The van der Waals surface area contributed by atoms with Crippen LogP contribution < -0.4 is 4.74 Å². The Balaban J connectivity index is 1.91. The molecule has 0 aliphatic heterocycles. The summed E-state index contributed by atoms with van der Waals surface area (Å²) in [5, 5.41) is 0. The normalized spacial score (nSPS) is 11.1. The zero-order chi connectivity index (χ0) is 18.4. The summed E-state index contributed by atoms with van der Waals surface area (Å²) in [5.74, 6) is 1.34. The van der Waals surface area contributed by atoms with Crippen LogP contribution in [-0.4, -0.2) is 24.8 Å². The first-order valence-corrected chi connectivity index (χ1v) is 8.45. The lowest BCUT2D eigenvalue weighted by Crippen LogP contribution is -2.09. The summed E-state index contributed by atoms with van der Waals surface area (Å²) in [6, 6.07) is 26.5. The van der Waals surface area contributed by atoms with Crippen molar-refractivity contribution in [2.24, 2.45) is 0 Å². The number of nitrogens with zero attached hydrogens (tertiary/aromatic N) is 1. The molecule has 3 aromatic rings. The maximum Gasteiger partial charge on any atom is 0.195 e. The predicted molar refractivity (Wildman–Crippen MR) is 105 cm³/mol. The molecule has 0 saturated heterocycles. The van der Waals surface area contributed by atoms with Gasteiger partial charge in [-0.3, -0.25) is 4.79 Å². The molecule has 0 aromatic heterocycles. The number of benzene rings is 3. The van der Waals surface area contributed by atoms with Crippen molar-refractivity contribution in [1.29, 1.82) is 0 Å².